The molecule has 11 heteroatoms. The van der Waals surface area contributed by atoms with Gasteiger partial charge in [-0.05, 0) is 0 Å². The van der Waals surface area contributed by atoms with Crippen molar-refractivity contribution in [2.75, 3.05) is 0 Å². The average molecular weight is 929 g/mol. The molecule has 0 aliphatic carbocycles. The van der Waals surface area contributed by atoms with E-state index < -0.39 is 0 Å². The van der Waals surface area contributed by atoms with E-state index in [0.717, 1.165) is 0 Å². The summed E-state index contributed by atoms with van der Waals surface area (Å²) in [7, 11) is 0. The Morgan fingerprint density at radius 3 is 0.273 bits per heavy atom. The first kappa shape index (κ1) is 160. The smallest absolute Gasteiger partial charge is 2.00 e. The number of rotatable bonds is 0. The molecule has 84 valence electrons. The largest absolute Gasteiger partial charge is 3.00 e. The van der Waals surface area contributed by atoms with Gasteiger partial charge in [0.15, 0.2) is 0 Å². The molecule has 0 fully saturated rings. The zero-order chi connectivity index (χ0) is 0. The van der Waals surface area contributed by atoms with E-state index in [0.29, 0.717) is 0 Å². The summed E-state index contributed by atoms with van der Waals surface area (Å²) in [5.41, 5.74) is 0. The van der Waals surface area contributed by atoms with E-state index in [4.69, 9.17) is 0 Å². The minimum Gasteiger partial charge on any atom is -2.00 e. The quantitative estimate of drug-likeness (QED) is 0.265. The van der Waals surface area contributed by atoms with Crippen molar-refractivity contribution in [3.63, 3.8) is 0 Å². The fourth-order valence-electron chi connectivity index (χ4n) is 0. The van der Waals surface area contributed by atoms with E-state index in [-0.39, 0.29) is 169 Å². The van der Waals surface area contributed by atoms with Gasteiger partial charge in [-0.3, -0.25) is 0 Å². The van der Waals surface area contributed by atoms with Crippen LogP contribution in [-0.2, 0) is 117 Å². The first-order valence-corrected chi connectivity index (χ1v) is 0. The van der Waals surface area contributed by atoms with Gasteiger partial charge in [-0.25, -0.2) is 0 Å². The molecule has 0 amide bonds. The Morgan fingerprint density at radius 1 is 0.273 bits per heavy atom. The molecule has 0 spiro atoms. The summed E-state index contributed by atoms with van der Waals surface area (Å²) in [5, 5.41) is 0. The van der Waals surface area contributed by atoms with Crippen molar-refractivity contribution >= 4 is 52.4 Å². The Morgan fingerprint density at radius 2 is 0.273 bits per heavy atom. The maximum Gasteiger partial charge on any atom is 3.00 e. The molecular weight excluding hydrogens is 929 g/mol. The van der Waals surface area contributed by atoms with Gasteiger partial charge in [0.1, 0.15) is 0 Å². The van der Waals surface area contributed by atoms with Gasteiger partial charge < -0.3 is 27.4 Å². The summed E-state index contributed by atoms with van der Waals surface area (Å²) < 4.78 is 0. The molecule has 0 aromatic rings. The third-order valence-electron chi connectivity index (χ3n) is 0. The van der Waals surface area contributed by atoms with Crippen molar-refractivity contribution in [1.82, 2.24) is 0 Å². The maximum atomic E-state index is 0. The van der Waals surface area contributed by atoms with Gasteiger partial charge in [0, 0.05) is 0 Å². The van der Waals surface area contributed by atoms with Crippen LogP contribution in [0.5, 0.6) is 0 Å². The third-order valence-corrected chi connectivity index (χ3v) is 0. The molecule has 0 rings (SSSR count). The summed E-state index contributed by atoms with van der Waals surface area (Å²) in [5.74, 6) is 0. The van der Waals surface area contributed by atoms with Crippen LogP contribution in [0.25, 0.3) is 0 Å². The van der Waals surface area contributed by atoms with Gasteiger partial charge in [0.05, 0.1) is 0 Å². The monoisotopic (exact) mass is 926 g/mol. The van der Waals surface area contributed by atoms with Crippen molar-refractivity contribution in [3.8, 4) is 0 Å². The Hall–Kier alpha value is 4.53. The van der Waals surface area contributed by atoms with Gasteiger partial charge in [-0.2, -0.15) is 0 Å². The standard InChI is InChI=1S/4Ag.2Bi.5O/q4*+1;2*+3;5*-2. The molecule has 5 nitrogen and oxygen atoms in total. The molecule has 11 heavy (non-hydrogen) atoms. The molecule has 0 aliphatic heterocycles. The second-order valence-corrected chi connectivity index (χ2v) is 0. The first-order chi connectivity index (χ1) is 0. The predicted octanol–water partition coefficient (Wildman–Crippen LogP) is -1.37. The van der Waals surface area contributed by atoms with Gasteiger partial charge in [-0.15, -0.1) is 0 Å². The van der Waals surface area contributed by atoms with Crippen LogP contribution in [0.4, 0.5) is 0 Å². The summed E-state index contributed by atoms with van der Waals surface area (Å²) >= 11 is 0. The fraction of sp³-hybridized carbons (Fsp3) is 0. The van der Waals surface area contributed by atoms with Crippen LogP contribution in [0.3, 0.4) is 0 Å². The second-order valence-electron chi connectivity index (χ2n) is 0. The van der Waals surface area contributed by atoms with Crippen LogP contribution in [-0.4, -0.2) is 52.4 Å². The van der Waals surface area contributed by atoms with Gasteiger partial charge in [0.2, 0.25) is 0 Å². The summed E-state index contributed by atoms with van der Waals surface area (Å²) in [6, 6.07) is 0. The number of hydrogen-bond acceptors (Lipinski definition) is 0. The zero-order valence-electron chi connectivity index (χ0n) is 4.14. The summed E-state index contributed by atoms with van der Waals surface area (Å²) in [6.45, 7) is 0. The molecule has 4 radical (unpaired) electrons. The Labute approximate surface area is 166 Å². The van der Waals surface area contributed by atoms with Gasteiger partial charge in [-0.1, -0.05) is 0 Å². The van der Waals surface area contributed by atoms with Gasteiger partial charge in [0.25, 0.3) is 0 Å². The maximum absolute atomic E-state index is 0. The van der Waals surface area contributed by atoms with Gasteiger partial charge >= 0.3 is 142 Å². The van der Waals surface area contributed by atoms with Crippen LogP contribution in [0.1, 0.15) is 0 Å². The SMILES string of the molecule is [Ag+].[Ag+].[Ag+].[Ag+].[Bi+3].[Bi+3].[O-2].[O-2].[O-2].[O-2].[O-2]. The van der Waals surface area contributed by atoms with Crippen molar-refractivity contribution in [1.29, 1.82) is 0 Å². The fourth-order valence-corrected chi connectivity index (χ4v) is 0. The summed E-state index contributed by atoms with van der Waals surface area (Å²) in [6.07, 6.45) is 0. The van der Waals surface area contributed by atoms with E-state index >= 15 is 0 Å². The molecule has 0 aromatic heterocycles. The zero-order valence-corrected chi connectivity index (χ0v) is 17.0. The van der Waals surface area contributed by atoms with Crippen molar-refractivity contribution in [2.45, 2.75) is 0 Å². The molecule has 0 N–H and O–H groups in total. The molecule has 0 bridgehead atoms. The van der Waals surface area contributed by atoms with E-state index in [9.17, 15) is 0 Å². The first-order valence-electron chi connectivity index (χ1n) is 0. The van der Waals surface area contributed by atoms with Crippen LogP contribution in [0.15, 0.2) is 0 Å². The van der Waals surface area contributed by atoms with E-state index in [1.54, 1.807) is 0 Å². The molecule has 0 unspecified atom stereocenters. The Bertz CT molecular complexity index is 16.4. The van der Waals surface area contributed by atoms with Crippen LogP contribution >= 0.6 is 0 Å². The molecular formula is Ag4Bi2O5. The minimum atomic E-state index is 0. The topological polar surface area (TPSA) is 142 Å². The average Bonchev–Trinajstić information content (AvgIpc) is 0. The second kappa shape index (κ2) is 130. The summed E-state index contributed by atoms with van der Waals surface area (Å²) in [4.78, 5) is 0. The van der Waals surface area contributed by atoms with Crippen molar-refractivity contribution in [3.05, 3.63) is 0 Å². The van der Waals surface area contributed by atoms with E-state index in [2.05, 4.69) is 0 Å². The molecule has 0 atom stereocenters. The minimum absolute atomic E-state index is 0. The van der Waals surface area contributed by atoms with Crippen molar-refractivity contribution in [2.24, 2.45) is 0 Å². The number of hydrogen-bond donors (Lipinski definition) is 0. The Kier molecular flexibility index (Phi) is 1890. The molecule has 0 saturated carbocycles. The van der Waals surface area contributed by atoms with Crippen LogP contribution < -0.4 is 0 Å². The predicted molar refractivity (Wildman–Crippen MR) is 14.9 cm³/mol. The molecule has 0 aliphatic rings. The van der Waals surface area contributed by atoms with E-state index in [1.165, 1.54) is 0 Å². The molecule has 0 saturated heterocycles. The van der Waals surface area contributed by atoms with E-state index in [1.807, 2.05) is 0 Å². The molecule has 0 heterocycles. The Balaban J connectivity index is 0. The van der Waals surface area contributed by atoms with Crippen molar-refractivity contribution < 1.29 is 117 Å². The normalized spacial score (nSPS) is 0. The van der Waals surface area contributed by atoms with Crippen LogP contribution in [0.2, 0.25) is 0 Å². The third kappa shape index (κ3) is 111. The molecule has 0 aromatic carbocycles. The van der Waals surface area contributed by atoms with Crippen LogP contribution in [0, 0.1) is 0 Å².